The first kappa shape index (κ1) is 15.0. The Morgan fingerprint density at radius 2 is 1.73 bits per heavy atom. The lowest BCUT2D eigenvalue weighted by molar-refractivity contribution is -0.136. The van der Waals surface area contributed by atoms with Crippen LogP contribution in [0.4, 0.5) is 0 Å². The van der Waals surface area contributed by atoms with Crippen molar-refractivity contribution in [1.82, 2.24) is 0 Å². The molecule has 0 radical (unpaired) electrons. The molecule has 22 heavy (non-hydrogen) atoms. The summed E-state index contributed by atoms with van der Waals surface area (Å²) in [6.45, 7) is 0. The van der Waals surface area contributed by atoms with Crippen LogP contribution in [0.15, 0.2) is 62.1 Å². The second-order valence-corrected chi connectivity index (χ2v) is 6.28. The Bertz CT molecular complexity index is 790. The summed E-state index contributed by atoms with van der Waals surface area (Å²) in [6, 6.07) is 12.8. The number of carbonyl (C=O) groups is 1. The fraction of sp³-hybridized carbons (Fsp3) is 0. The van der Waals surface area contributed by atoms with E-state index in [4.69, 9.17) is 4.84 Å². The zero-order valence-electron chi connectivity index (χ0n) is 11.1. The van der Waals surface area contributed by atoms with Crippen LogP contribution in [0.3, 0.4) is 0 Å². The minimum Gasteiger partial charge on any atom is -0.506 e. The molecular formula is C16H9Br2NO3. The zero-order chi connectivity index (χ0) is 15.7. The SMILES string of the molecule is O=C1ON=C(c2ccccc2)/C1=C/c1cc(Br)c(O)c(Br)c1. The van der Waals surface area contributed by atoms with Gasteiger partial charge in [-0.15, -0.1) is 0 Å². The number of hydrogen-bond donors (Lipinski definition) is 1. The van der Waals surface area contributed by atoms with Crippen LogP contribution in [0.5, 0.6) is 5.75 Å². The van der Waals surface area contributed by atoms with Gasteiger partial charge in [-0.2, -0.15) is 0 Å². The Morgan fingerprint density at radius 3 is 2.36 bits per heavy atom. The summed E-state index contributed by atoms with van der Waals surface area (Å²) >= 11 is 6.53. The van der Waals surface area contributed by atoms with Gasteiger partial charge in [0, 0.05) is 5.56 Å². The third kappa shape index (κ3) is 2.84. The highest BCUT2D eigenvalue weighted by molar-refractivity contribution is 9.11. The quantitative estimate of drug-likeness (QED) is 0.581. The molecule has 1 aliphatic rings. The van der Waals surface area contributed by atoms with E-state index < -0.39 is 5.97 Å². The molecule has 4 nitrogen and oxygen atoms in total. The number of nitrogens with zero attached hydrogens (tertiary/aromatic N) is 1. The van der Waals surface area contributed by atoms with E-state index in [0.717, 1.165) is 11.1 Å². The fourth-order valence-corrected chi connectivity index (χ4v) is 3.27. The molecule has 1 heterocycles. The van der Waals surface area contributed by atoms with Gasteiger partial charge in [0.1, 0.15) is 11.5 Å². The van der Waals surface area contributed by atoms with Gasteiger partial charge in [-0.3, -0.25) is 0 Å². The number of hydrogen-bond acceptors (Lipinski definition) is 4. The molecule has 0 spiro atoms. The van der Waals surface area contributed by atoms with Gasteiger partial charge in [0.05, 0.1) is 14.5 Å². The molecule has 0 aromatic heterocycles. The number of oxime groups is 1. The lowest BCUT2D eigenvalue weighted by Gasteiger charge is -2.04. The average Bonchev–Trinajstić information content (AvgIpc) is 2.87. The van der Waals surface area contributed by atoms with Gasteiger partial charge in [-0.25, -0.2) is 4.79 Å². The smallest absolute Gasteiger partial charge is 0.368 e. The fourth-order valence-electron chi connectivity index (χ4n) is 2.05. The number of rotatable bonds is 2. The average molecular weight is 423 g/mol. The maximum Gasteiger partial charge on any atom is 0.368 e. The van der Waals surface area contributed by atoms with Crippen molar-refractivity contribution >= 4 is 49.6 Å². The molecule has 0 saturated carbocycles. The minimum absolute atomic E-state index is 0.105. The van der Waals surface area contributed by atoms with Crippen molar-refractivity contribution in [2.75, 3.05) is 0 Å². The zero-order valence-corrected chi connectivity index (χ0v) is 14.3. The van der Waals surface area contributed by atoms with Gasteiger partial charge < -0.3 is 9.94 Å². The molecule has 0 amide bonds. The Hall–Kier alpha value is -1.92. The van der Waals surface area contributed by atoms with Crippen molar-refractivity contribution in [3.05, 3.63) is 68.1 Å². The number of benzene rings is 2. The molecular weight excluding hydrogens is 414 g/mol. The summed E-state index contributed by atoms with van der Waals surface area (Å²) in [7, 11) is 0. The number of phenolic OH excluding ortho intramolecular Hbond substituents is 1. The standard InChI is InChI=1S/C16H9Br2NO3/c17-12-7-9(8-13(18)15(12)20)6-11-14(19-22-16(11)21)10-4-2-1-3-5-10/h1-8,20H/b11-6-. The van der Waals surface area contributed by atoms with Crippen LogP contribution >= 0.6 is 31.9 Å². The Morgan fingerprint density at radius 1 is 1.09 bits per heavy atom. The van der Waals surface area contributed by atoms with Crippen LogP contribution < -0.4 is 0 Å². The van der Waals surface area contributed by atoms with Crippen molar-refractivity contribution in [2.24, 2.45) is 5.16 Å². The van der Waals surface area contributed by atoms with E-state index in [1.165, 1.54) is 0 Å². The molecule has 110 valence electrons. The third-order valence-corrected chi connectivity index (χ3v) is 4.30. The lowest BCUT2D eigenvalue weighted by atomic mass is 10.0. The summed E-state index contributed by atoms with van der Waals surface area (Å²) < 4.78 is 1.05. The van der Waals surface area contributed by atoms with Gasteiger partial charge in [0.15, 0.2) is 0 Å². The van der Waals surface area contributed by atoms with Crippen molar-refractivity contribution < 1.29 is 14.7 Å². The molecule has 1 aliphatic heterocycles. The first-order valence-corrected chi connectivity index (χ1v) is 7.89. The van der Waals surface area contributed by atoms with Crippen LogP contribution in [-0.2, 0) is 9.63 Å². The molecule has 0 aliphatic carbocycles. The number of halogens is 2. The molecule has 2 aromatic rings. The predicted octanol–water partition coefficient (Wildman–Crippen LogP) is 4.26. The minimum atomic E-state index is -0.501. The van der Waals surface area contributed by atoms with E-state index in [0.29, 0.717) is 20.2 Å². The summed E-state index contributed by atoms with van der Waals surface area (Å²) in [5.41, 5.74) is 2.40. The van der Waals surface area contributed by atoms with Gasteiger partial charge in [0.25, 0.3) is 0 Å². The Kier molecular flexibility index (Phi) is 4.13. The van der Waals surface area contributed by atoms with Crippen molar-refractivity contribution in [2.45, 2.75) is 0 Å². The van der Waals surface area contributed by atoms with E-state index in [-0.39, 0.29) is 5.75 Å². The predicted molar refractivity (Wildman–Crippen MR) is 90.6 cm³/mol. The van der Waals surface area contributed by atoms with Gasteiger partial charge in [0.2, 0.25) is 0 Å². The second-order valence-electron chi connectivity index (χ2n) is 4.58. The highest BCUT2D eigenvalue weighted by Crippen LogP contribution is 2.34. The van der Waals surface area contributed by atoms with Crippen LogP contribution in [0.1, 0.15) is 11.1 Å². The maximum atomic E-state index is 11.9. The van der Waals surface area contributed by atoms with E-state index >= 15 is 0 Å². The summed E-state index contributed by atoms with van der Waals surface area (Å²) in [5, 5.41) is 13.6. The largest absolute Gasteiger partial charge is 0.506 e. The molecule has 0 unspecified atom stereocenters. The Balaban J connectivity index is 2.06. The normalized spacial score (nSPS) is 15.8. The highest BCUT2D eigenvalue weighted by Gasteiger charge is 2.26. The molecule has 0 fully saturated rings. The van der Waals surface area contributed by atoms with Crippen molar-refractivity contribution in [3.8, 4) is 5.75 Å². The highest BCUT2D eigenvalue weighted by atomic mass is 79.9. The molecule has 0 atom stereocenters. The Labute approximate surface area is 143 Å². The molecule has 0 saturated heterocycles. The van der Waals surface area contributed by atoms with E-state index in [2.05, 4.69) is 37.0 Å². The van der Waals surface area contributed by atoms with Gasteiger partial charge >= 0.3 is 5.97 Å². The third-order valence-electron chi connectivity index (χ3n) is 3.09. The summed E-state index contributed by atoms with van der Waals surface area (Å²) in [6.07, 6.45) is 1.68. The number of carbonyl (C=O) groups excluding carboxylic acids is 1. The number of aromatic hydroxyl groups is 1. The van der Waals surface area contributed by atoms with E-state index in [1.807, 2.05) is 30.3 Å². The van der Waals surface area contributed by atoms with Crippen LogP contribution in [0.25, 0.3) is 6.08 Å². The van der Waals surface area contributed by atoms with Crippen LogP contribution in [0, 0.1) is 0 Å². The lowest BCUT2D eigenvalue weighted by Crippen LogP contribution is -2.06. The van der Waals surface area contributed by atoms with Crippen molar-refractivity contribution in [1.29, 1.82) is 0 Å². The maximum absolute atomic E-state index is 11.9. The second kappa shape index (κ2) is 6.06. The van der Waals surface area contributed by atoms with Gasteiger partial charge in [-0.05, 0) is 55.6 Å². The monoisotopic (exact) mass is 421 g/mol. The summed E-state index contributed by atoms with van der Waals surface area (Å²) in [4.78, 5) is 16.7. The van der Waals surface area contributed by atoms with Crippen molar-refractivity contribution in [3.63, 3.8) is 0 Å². The topological polar surface area (TPSA) is 58.9 Å². The first-order valence-electron chi connectivity index (χ1n) is 6.31. The molecule has 6 heteroatoms. The molecule has 3 rings (SSSR count). The summed E-state index contributed by atoms with van der Waals surface area (Å²) in [5.74, 6) is -0.396. The van der Waals surface area contributed by atoms with Crippen LogP contribution in [-0.4, -0.2) is 16.8 Å². The number of phenols is 1. The van der Waals surface area contributed by atoms with Gasteiger partial charge in [-0.1, -0.05) is 35.5 Å². The van der Waals surface area contributed by atoms with E-state index in [1.54, 1.807) is 18.2 Å². The molecule has 2 aromatic carbocycles. The van der Waals surface area contributed by atoms with E-state index in [9.17, 15) is 9.90 Å². The van der Waals surface area contributed by atoms with Crippen LogP contribution in [0.2, 0.25) is 0 Å². The first-order chi connectivity index (χ1) is 10.6. The molecule has 1 N–H and O–H groups in total. The molecule has 0 bridgehead atoms.